The van der Waals surface area contributed by atoms with Gasteiger partial charge in [0.1, 0.15) is 0 Å². The Morgan fingerprint density at radius 3 is 3.00 bits per heavy atom. The molecule has 0 saturated carbocycles. The fraction of sp³-hybridized carbons (Fsp3) is 0.267. The third kappa shape index (κ3) is 3.39. The molecule has 1 heterocycles. The second-order valence-electron chi connectivity index (χ2n) is 4.42. The summed E-state index contributed by atoms with van der Waals surface area (Å²) in [7, 11) is 1.33. The first-order chi connectivity index (χ1) is 10.2. The zero-order chi connectivity index (χ0) is 15.2. The third-order valence-corrected chi connectivity index (χ3v) is 3.05. The summed E-state index contributed by atoms with van der Waals surface area (Å²) in [5, 5.41) is 16.2. The Balaban J connectivity index is 2.29. The molecule has 0 saturated heterocycles. The van der Waals surface area contributed by atoms with Crippen LogP contribution < -0.4 is 5.32 Å². The molecule has 0 radical (unpaired) electrons. The minimum Gasteiger partial charge on any atom is -0.467 e. The number of benzene rings is 1. The highest BCUT2D eigenvalue weighted by Gasteiger charge is 2.22. The zero-order valence-electron chi connectivity index (χ0n) is 11.9. The van der Waals surface area contributed by atoms with Crippen LogP contribution >= 0.6 is 0 Å². The molecule has 6 nitrogen and oxygen atoms in total. The molecule has 0 bridgehead atoms. The summed E-state index contributed by atoms with van der Waals surface area (Å²) in [6.07, 6.45) is 3.46. The number of esters is 1. The predicted molar refractivity (Wildman–Crippen MR) is 77.4 cm³/mol. The van der Waals surface area contributed by atoms with Crippen molar-refractivity contribution in [3.8, 4) is 6.07 Å². The number of ether oxygens (including phenoxy) is 1. The van der Waals surface area contributed by atoms with Crippen molar-refractivity contribution in [1.82, 2.24) is 9.78 Å². The maximum Gasteiger partial charge on any atom is 0.332 e. The summed E-state index contributed by atoms with van der Waals surface area (Å²) in [5.41, 5.74) is 1.88. The van der Waals surface area contributed by atoms with Crippen molar-refractivity contribution in [2.24, 2.45) is 0 Å². The molecule has 0 unspecified atom stereocenters. The predicted octanol–water partition coefficient (Wildman–Crippen LogP) is 2.10. The Morgan fingerprint density at radius 1 is 1.57 bits per heavy atom. The van der Waals surface area contributed by atoms with Gasteiger partial charge in [0.15, 0.2) is 6.04 Å². The Hall–Kier alpha value is -2.81. The zero-order valence-corrected chi connectivity index (χ0v) is 11.9. The third-order valence-electron chi connectivity index (χ3n) is 3.05. The monoisotopic (exact) mass is 284 g/mol. The largest absolute Gasteiger partial charge is 0.467 e. The summed E-state index contributed by atoms with van der Waals surface area (Å²) in [5.74, 6) is -0.422. The summed E-state index contributed by atoms with van der Waals surface area (Å²) in [6, 6.07) is 8.24. The van der Waals surface area contributed by atoms with Crippen LogP contribution in [0.3, 0.4) is 0 Å². The number of hydrogen-bond acceptors (Lipinski definition) is 5. The molecule has 0 aliphatic rings. The van der Waals surface area contributed by atoms with E-state index >= 15 is 0 Å². The van der Waals surface area contributed by atoms with Gasteiger partial charge in [0.05, 0.1) is 30.6 Å². The SMILES string of the molecule is CCn1cc(N[C@H](C(=O)OC)c2cccc(C#N)c2)cn1. The molecule has 0 aliphatic carbocycles. The van der Waals surface area contributed by atoms with Gasteiger partial charge >= 0.3 is 5.97 Å². The maximum absolute atomic E-state index is 12.0. The van der Waals surface area contributed by atoms with E-state index in [2.05, 4.69) is 16.5 Å². The number of aromatic nitrogens is 2. The van der Waals surface area contributed by atoms with Gasteiger partial charge in [-0.2, -0.15) is 10.4 Å². The number of anilines is 1. The number of nitriles is 1. The van der Waals surface area contributed by atoms with Gasteiger partial charge < -0.3 is 10.1 Å². The van der Waals surface area contributed by atoms with E-state index in [1.165, 1.54) is 7.11 Å². The summed E-state index contributed by atoms with van der Waals surface area (Å²) >= 11 is 0. The number of nitrogens with one attached hydrogen (secondary N) is 1. The van der Waals surface area contributed by atoms with Gasteiger partial charge in [-0.25, -0.2) is 4.79 Å². The molecule has 1 N–H and O–H groups in total. The molecule has 108 valence electrons. The van der Waals surface area contributed by atoms with Crippen LogP contribution in [0.15, 0.2) is 36.7 Å². The lowest BCUT2D eigenvalue weighted by Crippen LogP contribution is -2.22. The number of carbonyl (C=O) groups excluding carboxylic acids is 1. The Labute approximate surface area is 123 Å². The first-order valence-corrected chi connectivity index (χ1v) is 6.54. The van der Waals surface area contributed by atoms with Crippen LogP contribution in [0.2, 0.25) is 0 Å². The number of carbonyl (C=O) groups is 1. The normalized spacial score (nSPS) is 11.5. The van der Waals surface area contributed by atoms with Crippen molar-refractivity contribution in [3.05, 3.63) is 47.8 Å². The fourth-order valence-corrected chi connectivity index (χ4v) is 1.96. The van der Waals surface area contributed by atoms with Crippen LogP contribution in [-0.2, 0) is 16.1 Å². The van der Waals surface area contributed by atoms with E-state index in [1.54, 1.807) is 35.1 Å². The Bertz CT molecular complexity index is 672. The molecule has 0 amide bonds. The van der Waals surface area contributed by atoms with Gasteiger partial charge in [0, 0.05) is 12.7 Å². The summed E-state index contributed by atoms with van der Waals surface area (Å²) in [6.45, 7) is 2.72. The van der Waals surface area contributed by atoms with Gasteiger partial charge in [-0.1, -0.05) is 12.1 Å². The summed E-state index contributed by atoms with van der Waals surface area (Å²) in [4.78, 5) is 12.0. The molecule has 21 heavy (non-hydrogen) atoms. The molecule has 2 aromatic rings. The minimum atomic E-state index is -0.683. The van der Waals surface area contributed by atoms with E-state index in [0.717, 1.165) is 12.2 Å². The van der Waals surface area contributed by atoms with Gasteiger partial charge in [-0.3, -0.25) is 4.68 Å². The number of methoxy groups -OCH3 is 1. The van der Waals surface area contributed by atoms with Crippen molar-refractivity contribution in [2.45, 2.75) is 19.5 Å². The standard InChI is InChI=1S/C15H16N4O2/c1-3-19-10-13(9-17-19)18-14(15(20)21-2)12-6-4-5-11(7-12)8-16/h4-7,9-10,14,18H,3H2,1-2H3/t14-/m0/s1. The number of aryl methyl sites for hydroxylation is 1. The van der Waals surface area contributed by atoms with E-state index in [9.17, 15) is 4.79 Å². The van der Waals surface area contributed by atoms with Crippen molar-refractivity contribution < 1.29 is 9.53 Å². The highest BCUT2D eigenvalue weighted by molar-refractivity contribution is 5.81. The van der Waals surface area contributed by atoms with E-state index in [4.69, 9.17) is 10.00 Å². The second kappa shape index (κ2) is 6.57. The van der Waals surface area contributed by atoms with Crippen molar-refractivity contribution >= 4 is 11.7 Å². The number of rotatable bonds is 5. The minimum absolute atomic E-state index is 0.422. The lowest BCUT2D eigenvalue weighted by Gasteiger charge is -2.17. The number of hydrogen-bond donors (Lipinski definition) is 1. The molecule has 1 atom stereocenters. The highest BCUT2D eigenvalue weighted by atomic mass is 16.5. The summed E-state index contributed by atoms with van der Waals surface area (Å²) < 4.78 is 6.59. The van der Waals surface area contributed by atoms with Gasteiger partial charge in [0.25, 0.3) is 0 Å². The van der Waals surface area contributed by atoms with Crippen LogP contribution in [0.4, 0.5) is 5.69 Å². The van der Waals surface area contributed by atoms with Crippen LogP contribution in [-0.4, -0.2) is 22.9 Å². The molecule has 1 aromatic heterocycles. The molecule has 1 aromatic carbocycles. The first kappa shape index (κ1) is 14.6. The van der Waals surface area contributed by atoms with E-state index in [-0.39, 0.29) is 0 Å². The second-order valence-corrected chi connectivity index (χ2v) is 4.42. The highest BCUT2D eigenvalue weighted by Crippen LogP contribution is 2.21. The van der Waals surface area contributed by atoms with Crippen molar-refractivity contribution in [1.29, 1.82) is 5.26 Å². The molecule has 0 spiro atoms. The van der Waals surface area contributed by atoms with Crippen molar-refractivity contribution in [2.75, 3.05) is 12.4 Å². The van der Waals surface area contributed by atoms with Gasteiger partial charge in [0.2, 0.25) is 0 Å². The van der Waals surface area contributed by atoms with Gasteiger partial charge in [-0.15, -0.1) is 0 Å². The maximum atomic E-state index is 12.0. The van der Waals surface area contributed by atoms with Crippen LogP contribution in [0.5, 0.6) is 0 Å². The Kier molecular flexibility index (Phi) is 4.57. The van der Waals surface area contributed by atoms with E-state index in [0.29, 0.717) is 11.1 Å². The van der Waals surface area contributed by atoms with E-state index in [1.807, 2.05) is 13.1 Å². The van der Waals surface area contributed by atoms with Crippen molar-refractivity contribution in [3.63, 3.8) is 0 Å². The smallest absolute Gasteiger partial charge is 0.332 e. The molecule has 0 aliphatic heterocycles. The van der Waals surface area contributed by atoms with E-state index < -0.39 is 12.0 Å². The Morgan fingerprint density at radius 2 is 2.38 bits per heavy atom. The topological polar surface area (TPSA) is 79.9 Å². The number of nitrogens with zero attached hydrogens (tertiary/aromatic N) is 3. The lowest BCUT2D eigenvalue weighted by molar-refractivity contribution is -0.141. The first-order valence-electron chi connectivity index (χ1n) is 6.54. The van der Waals surface area contributed by atoms with Crippen LogP contribution in [0, 0.1) is 11.3 Å². The van der Waals surface area contributed by atoms with Gasteiger partial charge in [-0.05, 0) is 24.6 Å². The average Bonchev–Trinajstić information content (AvgIpc) is 2.99. The molecular formula is C15H16N4O2. The fourth-order valence-electron chi connectivity index (χ4n) is 1.96. The molecule has 6 heteroatoms. The van der Waals surface area contributed by atoms with Crippen LogP contribution in [0.1, 0.15) is 24.1 Å². The van der Waals surface area contributed by atoms with Crippen LogP contribution in [0.25, 0.3) is 0 Å². The quantitative estimate of drug-likeness (QED) is 0.850. The lowest BCUT2D eigenvalue weighted by atomic mass is 10.0. The molecular weight excluding hydrogens is 268 g/mol. The average molecular weight is 284 g/mol. The molecule has 0 fully saturated rings. The molecule has 2 rings (SSSR count).